The molecule has 4 heteroatoms. The first-order valence-electron chi connectivity index (χ1n) is 15.5. The van der Waals surface area contributed by atoms with Gasteiger partial charge in [0.25, 0.3) is 0 Å². The van der Waals surface area contributed by atoms with Crippen LogP contribution < -0.4 is 9.47 Å². The third-order valence-corrected chi connectivity index (χ3v) is 9.55. The van der Waals surface area contributed by atoms with Crippen molar-refractivity contribution in [3.8, 4) is 11.5 Å². The molecule has 0 amide bonds. The minimum absolute atomic E-state index is 0.139. The Labute approximate surface area is 261 Å². The standard InChI is InChI=1S/C40H42O4/c1-27-19-31(21-29-11-7-5-8-12-29)35-23-33(15-17-37(35)43-25-27)39(3,41)40(4,42)34-16-18-38-36(24-34)32(20-28(2)26-44-38)22-30-13-9-6-10-14-30/h5-18,23-24,31-32,41-42H,1-2,19-22,25-26H2,3-4H3. The molecule has 0 saturated heterocycles. The average Bonchev–Trinajstić information content (AvgIpc) is 3.28. The Morgan fingerprint density at radius 2 is 1.00 bits per heavy atom. The van der Waals surface area contributed by atoms with Crippen molar-refractivity contribution in [2.75, 3.05) is 13.2 Å². The van der Waals surface area contributed by atoms with Crippen molar-refractivity contribution in [2.24, 2.45) is 0 Å². The van der Waals surface area contributed by atoms with E-state index >= 15 is 0 Å². The first kappa shape index (κ1) is 29.9. The second-order valence-corrected chi connectivity index (χ2v) is 12.9. The Morgan fingerprint density at radius 3 is 1.39 bits per heavy atom. The molecule has 4 nitrogen and oxygen atoms in total. The molecule has 0 aliphatic carbocycles. The molecule has 6 rings (SSSR count). The maximum Gasteiger partial charge on any atom is 0.123 e. The van der Waals surface area contributed by atoms with Gasteiger partial charge in [0.1, 0.15) is 35.9 Å². The maximum atomic E-state index is 12.2. The number of aliphatic hydroxyl groups is 2. The fourth-order valence-electron chi connectivity index (χ4n) is 6.72. The first-order chi connectivity index (χ1) is 21.1. The summed E-state index contributed by atoms with van der Waals surface area (Å²) in [6.07, 6.45) is 3.25. The highest BCUT2D eigenvalue weighted by atomic mass is 16.5. The van der Waals surface area contributed by atoms with E-state index in [0.717, 1.165) is 59.5 Å². The van der Waals surface area contributed by atoms with Gasteiger partial charge >= 0.3 is 0 Å². The molecule has 2 aliphatic heterocycles. The molecule has 0 fully saturated rings. The van der Waals surface area contributed by atoms with Crippen LogP contribution >= 0.6 is 0 Å². The van der Waals surface area contributed by atoms with Crippen molar-refractivity contribution >= 4 is 0 Å². The van der Waals surface area contributed by atoms with Gasteiger partial charge in [0.05, 0.1) is 0 Å². The fourth-order valence-corrected chi connectivity index (χ4v) is 6.72. The van der Waals surface area contributed by atoms with Crippen molar-refractivity contribution in [1.82, 2.24) is 0 Å². The summed E-state index contributed by atoms with van der Waals surface area (Å²) in [7, 11) is 0. The summed E-state index contributed by atoms with van der Waals surface area (Å²) < 4.78 is 12.3. The Hall–Kier alpha value is -4.12. The third kappa shape index (κ3) is 5.97. The molecule has 2 heterocycles. The van der Waals surface area contributed by atoms with Gasteiger partial charge < -0.3 is 19.7 Å². The van der Waals surface area contributed by atoms with Crippen molar-refractivity contribution in [3.05, 3.63) is 155 Å². The van der Waals surface area contributed by atoms with Crippen LogP contribution in [0.15, 0.2) is 121 Å². The number of benzene rings is 4. The summed E-state index contributed by atoms with van der Waals surface area (Å²) in [5.74, 6) is 1.88. The Morgan fingerprint density at radius 1 is 0.614 bits per heavy atom. The van der Waals surface area contributed by atoms with Crippen LogP contribution in [0.1, 0.15) is 71.9 Å². The molecule has 4 aromatic rings. The van der Waals surface area contributed by atoms with Crippen LogP contribution in [-0.4, -0.2) is 23.4 Å². The predicted octanol–water partition coefficient (Wildman–Crippen LogP) is 8.13. The van der Waals surface area contributed by atoms with Crippen molar-refractivity contribution < 1.29 is 19.7 Å². The number of rotatable bonds is 7. The highest BCUT2D eigenvalue weighted by Gasteiger charge is 2.45. The lowest BCUT2D eigenvalue weighted by Crippen LogP contribution is -2.45. The van der Waals surface area contributed by atoms with Crippen LogP contribution in [0.25, 0.3) is 0 Å². The Bertz CT molecular complexity index is 1530. The quantitative estimate of drug-likeness (QED) is 0.215. The molecule has 4 aromatic carbocycles. The molecule has 226 valence electrons. The van der Waals surface area contributed by atoms with Gasteiger partial charge in [0.15, 0.2) is 0 Å². The second kappa shape index (κ2) is 12.1. The minimum Gasteiger partial charge on any atom is -0.489 e. The lowest BCUT2D eigenvalue weighted by molar-refractivity contribution is -0.143. The SMILES string of the molecule is C=C1COc2ccc(C(C)(O)C(C)(O)c3ccc4c(c3)C(Cc3ccccc3)CC(=C)CO4)cc2C(Cc2ccccc2)C1. The Kier molecular flexibility index (Phi) is 8.24. The van der Waals surface area contributed by atoms with Gasteiger partial charge in [-0.2, -0.15) is 0 Å². The summed E-state index contributed by atoms with van der Waals surface area (Å²) in [5.41, 5.74) is 4.67. The molecular weight excluding hydrogens is 544 g/mol. The van der Waals surface area contributed by atoms with Gasteiger partial charge in [-0.3, -0.25) is 0 Å². The lowest BCUT2D eigenvalue weighted by Gasteiger charge is -2.40. The average molecular weight is 587 g/mol. The van der Waals surface area contributed by atoms with Gasteiger partial charge in [0, 0.05) is 0 Å². The summed E-state index contributed by atoms with van der Waals surface area (Å²) in [5, 5.41) is 24.4. The monoisotopic (exact) mass is 586 g/mol. The molecule has 0 saturated carbocycles. The van der Waals surface area contributed by atoms with E-state index in [9.17, 15) is 10.2 Å². The number of ether oxygens (including phenoxy) is 2. The molecule has 44 heavy (non-hydrogen) atoms. The number of hydrogen-bond acceptors (Lipinski definition) is 4. The molecule has 4 unspecified atom stereocenters. The zero-order valence-corrected chi connectivity index (χ0v) is 25.8. The maximum absolute atomic E-state index is 12.2. The zero-order chi connectivity index (χ0) is 30.9. The van der Waals surface area contributed by atoms with Crippen LogP contribution in [-0.2, 0) is 24.0 Å². The smallest absolute Gasteiger partial charge is 0.123 e. The van der Waals surface area contributed by atoms with E-state index in [1.807, 2.05) is 48.5 Å². The fraction of sp³-hybridized carbons (Fsp3) is 0.300. The van der Waals surface area contributed by atoms with Gasteiger partial charge in [-0.15, -0.1) is 0 Å². The molecule has 2 N–H and O–H groups in total. The topological polar surface area (TPSA) is 58.9 Å². The summed E-state index contributed by atoms with van der Waals surface area (Å²) in [6, 6.07) is 32.5. The van der Waals surface area contributed by atoms with Crippen LogP contribution in [0.3, 0.4) is 0 Å². The molecule has 0 aromatic heterocycles. The van der Waals surface area contributed by atoms with Crippen LogP contribution in [0.2, 0.25) is 0 Å². The van der Waals surface area contributed by atoms with Crippen molar-refractivity contribution in [1.29, 1.82) is 0 Å². The van der Waals surface area contributed by atoms with E-state index in [1.165, 1.54) is 11.1 Å². The van der Waals surface area contributed by atoms with E-state index in [1.54, 1.807) is 13.8 Å². The van der Waals surface area contributed by atoms with Gasteiger partial charge in [-0.25, -0.2) is 0 Å². The molecule has 2 aliphatic rings. The highest BCUT2D eigenvalue weighted by Crippen LogP contribution is 2.46. The van der Waals surface area contributed by atoms with Crippen LogP contribution in [0.5, 0.6) is 11.5 Å². The lowest BCUT2D eigenvalue weighted by atomic mass is 9.73. The van der Waals surface area contributed by atoms with Crippen LogP contribution in [0, 0.1) is 0 Å². The molecule has 0 radical (unpaired) electrons. The van der Waals surface area contributed by atoms with Gasteiger partial charge in [-0.1, -0.05) is 86.0 Å². The Balaban J connectivity index is 1.36. The first-order valence-corrected chi connectivity index (χ1v) is 15.5. The van der Waals surface area contributed by atoms with Gasteiger partial charge in [-0.05, 0) is 120 Å². The molecular formula is C40H42O4. The molecule has 4 atom stereocenters. The van der Waals surface area contributed by atoms with Crippen molar-refractivity contribution in [3.63, 3.8) is 0 Å². The highest BCUT2D eigenvalue weighted by molar-refractivity contribution is 5.48. The van der Waals surface area contributed by atoms with Crippen LogP contribution in [0.4, 0.5) is 0 Å². The summed E-state index contributed by atoms with van der Waals surface area (Å²) >= 11 is 0. The zero-order valence-electron chi connectivity index (χ0n) is 25.8. The van der Waals surface area contributed by atoms with E-state index in [4.69, 9.17) is 9.47 Å². The summed E-state index contributed by atoms with van der Waals surface area (Å²) in [4.78, 5) is 0. The minimum atomic E-state index is -1.61. The molecule has 0 spiro atoms. The normalized spacial score (nSPS) is 20.9. The van der Waals surface area contributed by atoms with Gasteiger partial charge in [0.2, 0.25) is 0 Å². The largest absolute Gasteiger partial charge is 0.489 e. The van der Waals surface area contributed by atoms with E-state index < -0.39 is 11.2 Å². The van der Waals surface area contributed by atoms with E-state index in [0.29, 0.717) is 24.3 Å². The second-order valence-electron chi connectivity index (χ2n) is 12.9. The third-order valence-electron chi connectivity index (χ3n) is 9.55. The summed E-state index contributed by atoms with van der Waals surface area (Å²) in [6.45, 7) is 12.8. The van der Waals surface area contributed by atoms with Crippen molar-refractivity contribution in [2.45, 2.75) is 62.6 Å². The van der Waals surface area contributed by atoms with E-state index in [-0.39, 0.29) is 11.8 Å². The number of hydrogen-bond donors (Lipinski definition) is 2. The predicted molar refractivity (Wildman–Crippen MR) is 176 cm³/mol. The number of fused-ring (bicyclic) bond motifs is 2. The molecule has 0 bridgehead atoms. The van der Waals surface area contributed by atoms with E-state index in [2.05, 4.69) is 61.7 Å².